The van der Waals surface area contributed by atoms with Crippen LogP contribution >= 0.6 is 11.6 Å². The lowest BCUT2D eigenvalue weighted by Gasteiger charge is -1.97. The van der Waals surface area contributed by atoms with Crippen LogP contribution in [-0.4, -0.2) is 9.38 Å². The van der Waals surface area contributed by atoms with Crippen molar-refractivity contribution in [3.05, 3.63) is 34.7 Å². The van der Waals surface area contributed by atoms with E-state index in [1.807, 2.05) is 50.6 Å². The number of halogens is 1. The molecule has 0 N–H and O–H groups in total. The lowest BCUT2D eigenvalue weighted by atomic mass is 10.3. The second-order valence-electron chi connectivity index (χ2n) is 2.98. The van der Waals surface area contributed by atoms with Crippen molar-refractivity contribution in [3.63, 3.8) is 0 Å². The average Bonchev–Trinajstić information content (AvgIpc) is 2.49. The van der Waals surface area contributed by atoms with Crippen LogP contribution in [0, 0.1) is 13.8 Å². The maximum Gasteiger partial charge on any atom is 0.155 e. The third-order valence-corrected chi connectivity index (χ3v) is 2.04. The Morgan fingerprint density at radius 3 is 2.50 bits per heavy atom. The fourth-order valence-electron chi connectivity index (χ4n) is 1.31. The lowest BCUT2D eigenvalue weighted by molar-refractivity contribution is 1.15. The smallest absolute Gasteiger partial charge is 0.155 e. The Hall–Kier alpha value is -1.02. The van der Waals surface area contributed by atoms with E-state index in [9.17, 15) is 0 Å². The van der Waals surface area contributed by atoms with Gasteiger partial charge < -0.3 is 4.40 Å². The Kier molecular flexibility index (Phi) is 3.53. The highest BCUT2D eigenvalue weighted by Crippen LogP contribution is 2.17. The zero-order chi connectivity index (χ0) is 10.7. The van der Waals surface area contributed by atoms with Gasteiger partial charge in [-0.05, 0) is 25.5 Å². The summed E-state index contributed by atoms with van der Waals surface area (Å²) in [4.78, 5) is 4.28. The van der Waals surface area contributed by atoms with E-state index in [0.29, 0.717) is 5.02 Å². The average molecular weight is 211 g/mol. The monoisotopic (exact) mass is 210 g/mol. The van der Waals surface area contributed by atoms with Gasteiger partial charge in [0.1, 0.15) is 0 Å². The molecule has 2 aromatic heterocycles. The molecule has 0 atom stereocenters. The third-order valence-electron chi connectivity index (χ3n) is 1.76. The number of hydrogen-bond acceptors (Lipinski definition) is 1. The van der Waals surface area contributed by atoms with Crippen molar-refractivity contribution in [3.8, 4) is 0 Å². The molecule has 0 saturated carbocycles. The van der Waals surface area contributed by atoms with E-state index in [1.54, 1.807) is 0 Å². The standard InChI is InChI=1S/C9H9ClN2.C2H6/c1-6-3-8(10)9-11-7(2)5-12(9)4-6;1-2/h3-5H,1-2H3;1-2H3. The molecule has 0 spiro atoms. The minimum atomic E-state index is 0.711. The van der Waals surface area contributed by atoms with Gasteiger partial charge in [0.2, 0.25) is 0 Å². The first-order valence-corrected chi connectivity index (χ1v) is 5.16. The van der Waals surface area contributed by atoms with Crippen molar-refractivity contribution >= 4 is 17.2 Å². The molecule has 14 heavy (non-hydrogen) atoms. The number of fused-ring (bicyclic) bond motifs is 1. The molecule has 0 aliphatic rings. The Morgan fingerprint density at radius 2 is 1.86 bits per heavy atom. The van der Waals surface area contributed by atoms with Crippen LogP contribution < -0.4 is 0 Å². The summed E-state index contributed by atoms with van der Waals surface area (Å²) in [5, 5.41) is 0.711. The van der Waals surface area contributed by atoms with Crippen LogP contribution in [0.3, 0.4) is 0 Å². The van der Waals surface area contributed by atoms with Crippen LogP contribution in [0.15, 0.2) is 18.5 Å². The van der Waals surface area contributed by atoms with Crippen LogP contribution in [0.4, 0.5) is 0 Å². The fourth-order valence-corrected chi connectivity index (χ4v) is 1.62. The SMILES string of the molecule is CC.Cc1cc(Cl)c2nc(C)cn2c1. The number of aromatic nitrogens is 2. The Labute approximate surface area is 89.5 Å². The quantitative estimate of drug-likeness (QED) is 0.649. The summed E-state index contributed by atoms with van der Waals surface area (Å²) in [5.74, 6) is 0. The van der Waals surface area contributed by atoms with Gasteiger partial charge in [-0.2, -0.15) is 0 Å². The summed E-state index contributed by atoms with van der Waals surface area (Å²) in [7, 11) is 0. The van der Waals surface area contributed by atoms with Crippen LogP contribution in [0.25, 0.3) is 5.65 Å². The van der Waals surface area contributed by atoms with E-state index in [4.69, 9.17) is 11.6 Å². The summed E-state index contributed by atoms with van der Waals surface area (Å²) in [5.41, 5.74) is 2.96. The zero-order valence-corrected chi connectivity index (χ0v) is 9.76. The predicted octanol–water partition coefficient (Wildman–Crippen LogP) is 3.63. The number of nitrogens with zero attached hydrogens (tertiary/aromatic N) is 2. The number of rotatable bonds is 0. The maximum atomic E-state index is 5.99. The molecule has 0 aliphatic heterocycles. The molecule has 2 nitrogen and oxygen atoms in total. The molecule has 2 aromatic rings. The minimum absolute atomic E-state index is 0.711. The van der Waals surface area contributed by atoms with Crippen molar-refractivity contribution in [2.75, 3.05) is 0 Å². The largest absolute Gasteiger partial charge is 0.305 e. The van der Waals surface area contributed by atoms with Crippen LogP contribution in [0.5, 0.6) is 0 Å². The normalized spacial score (nSPS) is 9.79. The van der Waals surface area contributed by atoms with Crippen LogP contribution in [-0.2, 0) is 0 Å². The van der Waals surface area contributed by atoms with Crippen molar-refractivity contribution in [1.29, 1.82) is 0 Å². The number of aryl methyl sites for hydroxylation is 2. The number of hydrogen-bond donors (Lipinski definition) is 0. The summed E-state index contributed by atoms with van der Waals surface area (Å²) in [6.07, 6.45) is 3.98. The topological polar surface area (TPSA) is 17.3 Å². The van der Waals surface area contributed by atoms with Crippen molar-refractivity contribution in [1.82, 2.24) is 9.38 Å². The molecule has 0 bridgehead atoms. The first-order valence-electron chi connectivity index (χ1n) is 4.78. The van der Waals surface area contributed by atoms with Gasteiger partial charge in [-0.15, -0.1) is 0 Å². The first kappa shape index (κ1) is 11.1. The molecule has 0 fully saturated rings. The molecule has 76 valence electrons. The van der Waals surface area contributed by atoms with Crippen molar-refractivity contribution in [2.45, 2.75) is 27.7 Å². The number of imidazole rings is 1. The molecule has 0 radical (unpaired) electrons. The molecular formula is C11H15ClN2. The summed E-state index contributed by atoms with van der Waals surface area (Å²) < 4.78 is 1.95. The molecule has 0 aromatic carbocycles. The highest BCUT2D eigenvalue weighted by molar-refractivity contribution is 6.33. The van der Waals surface area contributed by atoms with E-state index >= 15 is 0 Å². The van der Waals surface area contributed by atoms with Crippen molar-refractivity contribution < 1.29 is 0 Å². The van der Waals surface area contributed by atoms with Gasteiger partial charge in [0.25, 0.3) is 0 Å². The van der Waals surface area contributed by atoms with E-state index in [0.717, 1.165) is 16.9 Å². The van der Waals surface area contributed by atoms with E-state index < -0.39 is 0 Å². The van der Waals surface area contributed by atoms with E-state index in [2.05, 4.69) is 4.98 Å². The second kappa shape index (κ2) is 4.47. The minimum Gasteiger partial charge on any atom is -0.305 e. The summed E-state index contributed by atoms with van der Waals surface area (Å²) in [6, 6.07) is 1.92. The Bertz CT molecular complexity index is 432. The highest BCUT2D eigenvalue weighted by Gasteiger charge is 2.02. The van der Waals surface area contributed by atoms with Crippen LogP contribution in [0.1, 0.15) is 25.1 Å². The third kappa shape index (κ3) is 2.07. The molecule has 2 rings (SSSR count). The Morgan fingerprint density at radius 1 is 1.21 bits per heavy atom. The zero-order valence-electron chi connectivity index (χ0n) is 9.00. The van der Waals surface area contributed by atoms with Gasteiger partial charge in [-0.3, -0.25) is 0 Å². The molecule has 0 unspecified atom stereocenters. The highest BCUT2D eigenvalue weighted by atomic mass is 35.5. The second-order valence-corrected chi connectivity index (χ2v) is 3.39. The molecule has 0 aliphatic carbocycles. The number of pyridine rings is 1. The molecule has 0 amide bonds. The molecular weight excluding hydrogens is 196 g/mol. The molecule has 2 heterocycles. The van der Waals surface area contributed by atoms with Crippen molar-refractivity contribution in [2.24, 2.45) is 0 Å². The van der Waals surface area contributed by atoms with E-state index in [1.165, 1.54) is 0 Å². The Balaban J connectivity index is 0.000000461. The van der Waals surface area contributed by atoms with Gasteiger partial charge in [0.05, 0.1) is 10.7 Å². The first-order chi connectivity index (χ1) is 6.66. The van der Waals surface area contributed by atoms with Crippen LogP contribution in [0.2, 0.25) is 5.02 Å². The van der Waals surface area contributed by atoms with Gasteiger partial charge >= 0.3 is 0 Å². The summed E-state index contributed by atoms with van der Waals surface area (Å²) >= 11 is 5.99. The lowest BCUT2D eigenvalue weighted by Crippen LogP contribution is -1.85. The molecule has 0 saturated heterocycles. The molecule has 3 heteroatoms. The van der Waals surface area contributed by atoms with Gasteiger partial charge in [0.15, 0.2) is 5.65 Å². The van der Waals surface area contributed by atoms with Gasteiger partial charge in [-0.1, -0.05) is 25.4 Å². The van der Waals surface area contributed by atoms with Gasteiger partial charge in [-0.25, -0.2) is 4.98 Å². The fraction of sp³-hybridized carbons (Fsp3) is 0.364. The maximum absolute atomic E-state index is 5.99. The summed E-state index contributed by atoms with van der Waals surface area (Å²) in [6.45, 7) is 7.97. The predicted molar refractivity (Wildman–Crippen MR) is 61.0 cm³/mol. The van der Waals surface area contributed by atoms with E-state index in [-0.39, 0.29) is 0 Å². The van der Waals surface area contributed by atoms with Gasteiger partial charge in [0, 0.05) is 12.4 Å².